The molecule has 2 heterocycles. The van der Waals surface area contributed by atoms with E-state index >= 15 is 0 Å². The number of nitrogens with one attached hydrogen (secondary N) is 1. The molecule has 1 amide bonds. The third kappa shape index (κ3) is 4.38. The molecule has 4 rings (SSSR count). The van der Waals surface area contributed by atoms with E-state index in [0.717, 1.165) is 22.5 Å². The van der Waals surface area contributed by atoms with Crippen LogP contribution in [0.15, 0.2) is 79.4 Å². The van der Waals surface area contributed by atoms with Crippen LogP contribution in [0.3, 0.4) is 0 Å². The highest BCUT2D eigenvalue weighted by Crippen LogP contribution is 2.24. The fourth-order valence-corrected chi connectivity index (χ4v) is 3.14. The summed E-state index contributed by atoms with van der Waals surface area (Å²) in [7, 11) is 0. The maximum absolute atomic E-state index is 14.6. The highest BCUT2D eigenvalue weighted by atomic mass is 19.1. The molecule has 0 fully saturated rings. The zero-order chi connectivity index (χ0) is 20.9. The second kappa shape index (κ2) is 8.61. The van der Waals surface area contributed by atoms with E-state index in [1.54, 1.807) is 49.1 Å². The van der Waals surface area contributed by atoms with Crippen molar-refractivity contribution >= 4 is 5.91 Å². The van der Waals surface area contributed by atoms with Crippen LogP contribution < -0.4 is 5.32 Å². The zero-order valence-corrected chi connectivity index (χ0v) is 16.3. The Labute approximate surface area is 173 Å². The standard InChI is InChI=1S/C24H19FN4O/c1-16-12-20(8-9-27-16)21-7-2-17(13-22(21)25)14-29-24(30)19-5-3-18(4-6-19)23-15-26-10-11-28-23/h2-13,15H,14H2,1H3,(H,29,30). The Kier molecular flexibility index (Phi) is 5.57. The molecular weight excluding hydrogens is 379 g/mol. The second-order valence-corrected chi connectivity index (χ2v) is 6.85. The molecule has 0 unspecified atom stereocenters. The zero-order valence-electron chi connectivity index (χ0n) is 16.3. The monoisotopic (exact) mass is 398 g/mol. The van der Waals surface area contributed by atoms with E-state index in [0.29, 0.717) is 16.7 Å². The fraction of sp³-hybridized carbons (Fsp3) is 0.0833. The molecule has 0 aliphatic heterocycles. The first-order valence-electron chi connectivity index (χ1n) is 9.46. The summed E-state index contributed by atoms with van der Waals surface area (Å²) >= 11 is 0. The van der Waals surface area contributed by atoms with Crippen LogP contribution in [0.1, 0.15) is 21.6 Å². The summed E-state index contributed by atoms with van der Waals surface area (Å²) in [6.07, 6.45) is 6.56. The van der Waals surface area contributed by atoms with Gasteiger partial charge >= 0.3 is 0 Å². The van der Waals surface area contributed by atoms with Crippen LogP contribution in [0.25, 0.3) is 22.4 Å². The van der Waals surface area contributed by atoms with Crippen LogP contribution in [0.2, 0.25) is 0 Å². The Morgan fingerprint density at radius 2 is 1.77 bits per heavy atom. The van der Waals surface area contributed by atoms with Crippen molar-refractivity contribution in [1.29, 1.82) is 0 Å². The van der Waals surface area contributed by atoms with Crippen LogP contribution in [0.4, 0.5) is 4.39 Å². The molecule has 4 aromatic rings. The van der Waals surface area contributed by atoms with E-state index in [2.05, 4.69) is 20.3 Å². The third-order valence-corrected chi connectivity index (χ3v) is 4.70. The maximum atomic E-state index is 14.6. The van der Waals surface area contributed by atoms with Gasteiger partial charge < -0.3 is 5.32 Å². The lowest BCUT2D eigenvalue weighted by Gasteiger charge is -2.09. The minimum Gasteiger partial charge on any atom is -0.348 e. The lowest BCUT2D eigenvalue weighted by molar-refractivity contribution is 0.0951. The van der Waals surface area contributed by atoms with Crippen molar-refractivity contribution in [2.75, 3.05) is 0 Å². The Hall–Kier alpha value is -3.93. The van der Waals surface area contributed by atoms with Gasteiger partial charge in [0, 0.05) is 47.5 Å². The number of pyridine rings is 1. The SMILES string of the molecule is Cc1cc(-c2ccc(CNC(=O)c3ccc(-c4cnccn4)cc3)cc2F)ccn1. The van der Waals surface area contributed by atoms with Crippen LogP contribution in [-0.4, -0.2) is 20.9 Å². The predicted octanol–water partition coefficient (Wildman–Crippen LogP) is 4.58. The van der Waals surface area contributed by atoms with Gasteiger partial charge in [-0.3, -0.25) is 19.7 Å². The molecule has 6 heteroatoms. The van der Waals surface area contributed by atoms with Gasteiger partial charge in [-0.05, 0) is 48.4 Å². The van der Waals surface area contributed by atoms with Crippen LogP contribution >= 0.6 is 0 Å². The molecule has 0 radical (unpaired) electrons. The molecule has 0 saturated carbocycles. The number of carbonyl (C=O) groups excluding carboxylic acids is 1. The number of hydrogen-bond donors (Lipinski definition) is 1. The molecule has 0 spiro atoms. The van der Waals surface area contributed by atoms with Crippen molar-refractivity contribution in [2.45, 2.75) is 13.5 Å². The van der Waals surface area contributed by atoms with Crippen molar-refractivity contribution in [3.63, 3.8) is 0 Å². The highest BCUT2D eigenvalue weighted by molar-refractivity contribution is 5.94. The van der Waals surface area contributed by atoms with Gasteiger partial charge in [0.05, 0.1) is 11.9 Å². The number of nitrogens with zero attached hydrogens (tertiary/aromatic N) is 3. The Bertz CT molecular complexity index is 1180. The summed E-state index contributed by atoms with van der Waals surface area (Å²) in [5.41, 5.74) is 4.94. The maximum Gasteiger partial charge on any atom is 0.251 e. The number of hydrogen-bond acceptors (Lipinski definition) is 4. The molecule has 2 aromatic heterocycles. The topological polar surface area (TPSA) is 67.8 Å². The number of rotatable bonds is 5. The van der Waals surface area contributed by atoms with Crippen molar-refractivity contribution < 1.29 is 9.18 Å². The lowest BCUT2D eigenvalue weighted by atomic mass is 10.0. The Morgan fingerprint density at radius 3 is 2.47 bits per heavy atom. The molecule has 1 N–H and O–H groups in total. The lowest BCUT2D eigenvalue weighted by Crippen LogP contribution is -2.22. The number of aromatic nitrogens is 3. The molecule has 0 atom stereocenters. The predicted molar refractivity (Wildman–Crippen MR) is 113 cm³/mol. The minimum atomic E-state index is -0.333. The summed E-state index contributed by atoms with van der Waals surface area (Å²) < 4.78 is 14.6. The first-order valence-corrected chi connectivity index (χ1v) is 9.46. The summed E-state index contributed by atoms with van der Waals surface area (Å²) in [4.78, 5) is 24.9. The second-order valence-electron chi connectivity index (χ2n) is 6.85. The molecule has 0 aliphatic rings. The van der Waals surface area contributed by atoms with Gasteiger partial charge in [0.1, 0.15) is 5.82 Å². The summed E-state index contributed by atoms with van der Waals surface area (Å²) in [5, 5.41) is 2.83. The average Bonchev–Trinajstić information content (AvgIpc) is 2.78. The van der Waals surface area contributed by atoms with Gasteiger partial charge in [0.2, 0.25) is 0 Å². The molecule has 148 valence electrons. The van der Waals surface area contributed by atoms with Gasteiger partial charge in [0.25, 0.3) is 5.91 Å². The van der Waals surface area contributed by atoms with E-state index in [-0.39, 0.29) is 18.3 Å². The number of halogens is 1. The van der Waals surface area contributed by atoms with E-state index in [9.17, 15) is 9.18 Å². The average molecular weight is 398 g/mol. The molecular formula is C24H19FN4O. The molecule has 0 aliphatic carbocycles. The highest BCUT2D eigenvalue weighted by Gasteiger charge is 2.09. The summed E-state index contributed by atoms with van der Waals surface area (Å²) in [5.74, 6) is -0.560. The van der Waals surface area contributed by atoms with E-state index in [4.69, 9.17) is 0 Å². The first-order chi connectivity index (χ1) is 14.6. The number of benzene rings is 2. The first kappa shape index (κ1) is 19.4. The molecule has 2 aromatic carbocycles. The number of amides is 1. The minimum absolute atomic E-state index is 0.227. The van der Waals surface area contributed by atoms with Crippen molar-refractivity contribution in [2.24, 2.45) is 0 Å². The normalized spacial score (nSPS) is 10.6. The molecule has 30 heavy (non-hydrogen) atoms. The van der Waals surface area contributed by atoms with E-state index < -0.39 is 0 Å². The largest absolute Gasteiger partial charge is 0.348 e. The van der Waals surface area contributed by atoms with Gasteiger partial charge in [-0.15, -0.1) is 0 Å². The van der Waals surface area contributed by atoms with Gasteiger partial charge in [0.15, 0.2) is 0 Å². The molecule has 0 saturated heterocycles. The van der Waals surface area contributed by atoms with Gasteiger partial charge in [-0.25, -0.2) is 4.39 Å². The van der Waals surface area contributed by atoms with Crippen LogP contribution in [0, 0.1) is 12.7 Å². The Balaban J connectivity index is 1.42. The summed E-state index contributed by atoms with van der Waals surface area (Å²) in [6.45, 7) is 2.10. The summed E-state index contributed by atoms with van der Waals surface area (Å²) in [6, 6.07) is 15.7. The van der Waals surface area contributed by atoms with Gasteiger partial charge in [-0.2, -0.15) is 0 Å². The van der Waals surface area contributed by atoms with E-state index in [1.165, 1.54) is 6.07 Å². The number of carbonyl (C=O) groups is 1. The van der Waals surface area contributed by atoms with Crippen molar-refractivity contribution in [1.82, 2.24) is 20.3 Å². The van der Waals surface area contributed by atoms with Crippen molar-refractivity contribution in [3.8, 4) is 22.4 Å². The van der Waals surface area contributed by atoms with Crippen LogP contribution in [0.5, 0.6) is 0 Å². The smallest absolute Gasteiger partial charge is 0.251 e. The van der Waals surface area contributed by atoms with Crippen LogP contribution in [-0.2, 0) is 6.54 Å². The number of aryl methyl sites for hydroxylation is 1. The molecule has 5 nitrogen and oxygen atoms in total. The van der Waals surface area contributed by atoms with Crippen molar-refractivity contribution in [3.05, 3.63) is 102 Å². The van der Waals surface area contributed by atoms with E-state index in [1.807, 2.05) is 31.2 Å². The molecule has 0 bridgehead atoms. The van der Waals surface area contributed by atoms with Gasteiger partial charge in [-0.1, -0.05) is 24.3 Å². The third-order valence-electron chi connectivity index (χ3n) is 4.70. The quantitative estimate of drug-likeness (QED) is 0.534. The Morgan fingerprint density at radius 1 is 0.933 bits per heavy atom. The fourth-order valence-electron chi connectivity index (χ4n) is 3.14.